The third kappa shape index (κ3) is 2.09. The fourth-order valence-corrected chi connectivity index (χ4v) is 6.00. The lowest BCUT2D eigenvalue weighted by atomic mass is 9.80. The highest BCUT2D eigenvalue weighted by Crippen LogP contribution is 2.59. The molecule has 2 saturated heterocycles. The minimum absolute atomic E-state index is 0.124. The van der Waals surface area contributed by atoms with Gasteiger partial charge in [-0.2, -0.15) is 0 Å². The van der Waals surface area contributed by atoms with Crippen LogP contribution in [0.25, 0.3) is 0 Å². The number of fused-ring (bicyclic) bond motifs is 2. The number of carbonyl (C=O) groups excluding carboxylic acids is 2. The Morgan fingerprint density at radius 3 is 2.68 bits per heavy atom. The maximum Gasteiger partial charge on any atom is 0.337 e. The van der Waals surface area contributed by atoms with E-state index in [9.17, 15) is 9.59 Å². The first-order valence-electron chi connectivity index (χ1n) is 8.52. The summed E-state index contributed by atoms with van der Waals surface area (Å²) in [6.45, 7) is 5.34. The Morgan fingerprint density at radius 1 is 1.32 bits per heavy atom. The molecule has 4 rings (SSSR count). The Kier molecular flexibility index (Phi) is 3.65. The Morgan fingerprint density at radius 2 is 2.04 bits per heavy atom. The lowest BCUT2D eigenvalue weighted by Crippen LogP contribution is -2.57. The second-order valence-corrected chi connectivity index (χ2v) is 7.87. The van der Waals surface area contributed by atoms with Gasteiger partial charge in [0.1, 0.15) is 5.37 Å². The monoisotopic (exact) mass is 359 g/mol. The van der Waals surface area contributed by atoms with Crippen LogP contribution in [0.4, 0.5) is 0 Å². The number of allylic oxidation sites excluding steroid dienone is 1. The first-order valence-corrected chi connectivity index (χ1v) is 9.57. The maximum atomic E-state index is 13.0. The second kappa shape index (κ2) is 5.53. The molecule has 0 saturated carbocycles. The summed E-state index contributed by atoms with van der Waals surface area (Å²) in [6.07, 6.45) is 2.50. The molecule has 0 aromatic heterocycles. The van der Waals surface area contributed by atoms with Crippen LogP contribution in [0.5, 0.6) is 0 Å². The first-order chi connectivity index (χ1) is 11.9. The van der Waals surface area contributed by atoms with E-state index in [4.69, 9.17) is 9.47 Å². The minimum atomic E-state index is -1.01. The molecule has 5 nitrogen and oxygen atoms in total. The van der Waals surface area contributed by atoms with Crippen molar-refractivity contribution in [2.45, 2.75) is 43.9 Å². The molecule has 0 N–H and O–H groups in total. The molecular formula is C19H21NO4S. The molecule has 1 amide bonds. The number of hydrogen-bond donors (Lipinski definition) is 0. The van der Waals surface area contributed by atoms with Gasteiger partial charge in [-0.1, -0.05) is 37.3 Å². The Labute approximate surface area is 151 Å². The SMILES string of the molecule is CC[C@]12OC(=O)[C@@]3(CS[C@H](c4ccccc4)N3C(C)=O)[C@H]1C=C(C)O2. The predicted molar refractivity (Wildman–Crippen MR) is 94.3 cm³/mol. The van der Waals surface area contributed by atoms with Crippen LogP contribution in [-0.2, 0) is 19.1 Å². The van der Waals surface area contributed by atoms with E-state index in [-0.39, 0.29) is 23.2 Å². The quantitative estimate of drug-likeness (QED) is 0.759. The summed E-state index contributed by atoms with van der Waals surface area (Å²) < 4.78 is 11.7. The van der Waals surface area contributed by atoms with Gasteiger partial charge in [0.2, 0.25) is 5.91 Å². The molecule has 0 aliphatic carbocycles. The van der Waals surface area contributed by atoms with Crippen LogP contribution < -0.4 is 0 Å². The van der Waals surface area contributed by atoms with Crippen molar-refractivity contribution in [1.29, 1.82) is 0 Å². The van der Waals surface area contributed by atoms with Gasteiger partial charge in [0.15, 0.2) is 5.54 Å². The van der Waals surface area contributed by atoms with E-state index >= 15 is 0 Å². The van der Waals surface area contributed by atoms with Crippen LogP contribution >= 0.6 is 11.8 Å². The minimum Gasteiger partial charge on any atom is -0.456 e. The van der Waals surface area contributed by atoms with E-state index in [1.54, 1.807) is 16.7 Å². The average molecular weight is 359 g/mol. The number of nitrogens with zero attached hydrogens (tertiary/aromatic N) is 1. The second-order valence-electron chi connectivity index (χ2n) is 6.80. The van der Waals surface area contributed by atoms with Gasteiger partial charge in [-0.15, -0.1) is 11.8 Å². The van der Waals surface area contributed by atoms with Crippen molar-refractivity contribution in [2.75, 3.05) is 5.75 Å². The number of benzene rings is 1. The molecule has 3 heterocycles. The molecule has 1 spiro atoms. The lowest BCUT2D eigenvalue weighted by molar-refractivity contribution is -0.197. The number of carbonyl (C=O) groups is 2. The van der Waals surface area contributed by atoms with Gasteiger partial charge in [-0.3, -0.25) is 4.79 Å². The summed E-state index contributed by atoms with van der Waals surface area (Å²) in [5, 5.41) is -0.201. The molecule has 132 valence electrons. The Bertz CT molecular complexity index is 764. The van der Waals surface area contributed by atoms with E-state index in [2.05, 4.69) is 0 Å². The third-order valence-electron chi connectivity index (χ3n) is 5.38. The molecule has 2 fully saturated rings. The summed E-state index contributed by atoms with van der Waals surface area (Å²) in [5.41, 5.74) is 0.00566. The zero-order chi connectivity index (χ0) is 17.8. The number of amides is 1. The average Bonchev–Trinajstić information content (AvgIpc) is 3.20. The van der Waals surface area contributed by atoms with Crippen molar-refractivity contribution in [3.05, 3.63) is 47.7 Å². The summed E-state index contributed by atoms with van der Waals surface area (Å²) in [7, 11) is 0. The number of rotatable bonds is 2. The molecule has 0 bridgehead atoms. The van der Waals surface area contributed by atoms with Crippen molar-refractivity contribution in [2.24, 2.45) is 5.92 Å². The van der Waals surface area contributed by atoms with Crippen LogP contribution in [-0.4, -0.2) is 33.9 Å². The summed E-state index contributed by atoms with van der Waals surface area (Å²) in [5.74, 6) is -0.506. The zero-order valence-corrected chi connectivity index (χ0v) is 15.3. The Hall–Kier alpha value is -1.95. The highest BCUT2D eigenvalue weighted by molar-refractivity contribution is 7.99. The van der Waals surface area contributed by atoms with Gasteiger partial charge in [-0.05, 0) is 18.6 Å². The van der Waals surface area contributed by atoms with E-state index in [0.29, 0.717) is 12.2 Å². The van der Waals surface area contributed by atoms with E-state index in [0.717, 1.165) is 11.3 Å². The molecule has 1 aromatic rings. The molecule has 3 aliphatic heterocycles. The Balaban J connectivity index is 1.83. The van der Waals surface area contributed by atoms with Crippen molar-refractivity contribution in [3.8, 4) is 0 Å². The standard InChI is InChI=1S/C19H21NO4S/c1-4-19-15(10-12(2)23-19)18(17(22)24-19)11-25-16(20(18)13(3)21)14-8-6-5-7-9-14/h5-10,15-16H,4,11H2,1-3H3/t15-,16-,18-,19+/m1/s1. The van der Waals surface area contributed by atoms with Gasteiger partial charge in [-0.25, -0.2) is 4.79 Å². The van der Waals surface area contributed by atoms with Gasteiger partial charge < -0.3 is 14.4 Å². The van der Waals surface area contributed by atoms with Gasteiger partial charge in [0, 0.05) is 19.1 Å². The number of ether oxygens (including phenoxy) is 2. The van der Waals surface area contributed by atoms with Crippen LogP contribution in [0.15, 0.2) is 42.2 Å². The molecule has 0 radical (unpaired) electrons. The van der Waals surface area contributed by atoms with Crippen LogP contribution in [0, 0.1) is 5.92 Å². The van der Waals surface area contributed by atoms with Crippen molar-refractivity contribution >= 4 is 23.6 Å². The summed E-state index contributed by atoms with van der Waals surface area (Å²) in [6, 6.07) is 9.83. The molecule has 6 heteroatoms. The van der Waals surface area contributed by atoms with Crippen LogP contribution in [0.1, 0.15) is 38.1 Å². The number of hydrogen-bond acceptors (Lipinski definition) is 5. The van der Waals surface area contributed by atoms with E-state index < -0.39 is 11.3 Å². The normalized spacial score (nSPS) is 36.2. The smallest absolute Gasteiger partial charge is 0.337 e. The van der Waals surface area contributed by atoms with Crippen molar-refractivity contribution in [1.82, 2.24) is 4.90 Å². The zero-order valence-electron chi connectivity index (χ0n) is 14.5. The largest absolute Gasteiger partial charge is 0.456 e. The first kappa shape index (κ1) is 16.5. The highest BCUT2D eigenvalue weighted by atomic mass is 32.2. The predicted octanol–water partition coefficient (Wildman–Crippen LogP) is 3.23. The van der Waals surface area contributed by atoms with Gasteiger partial charge >= 0.3 is 5.97 Å². The van der Waals surface area contributed by atoms with Crippen LogP contribution in [0.2, 0.25) is 0 Å². The van der Waals surface area contributed by atoms with Gasteiger partial charge in [0.05, 0.1) is 11.7 Å². The van der Waals surface area contributed by atoms with Crippen molar-refractivity contribution < 1.29 is 19.1 Å². The van der Waals surface area contributed by atoms with Crippen molar-refractivity contribution in [3.63, 3.8) is 0 Å². The highest BCUT2D eigenvalue weighted by Gasteiger charge is 2.73. The van der Waals surface area contributed by atoms with E-state index in [1.807, 2.05) is 50.3 Å². The molecule has 1 aromatic carbocycles. The molecule has 3 aliphatic rings. The van der Waals surface area contributed by atoms with Crippen LogP contribution in [0.3, 0.4) is 0 Å². The molecule has 4 atom stereocenters. The third-order valence-corrected chi connectivity index (χ3v) is 6.79. The lowest BCUT2D eigenvalue weighted by Gasteiger charge is -2.37. The van der Waals surface area contributed by atoms with E-state index in [1.165, 1.54) is 6.92 Å². The number of thioether (sulfide) groups is 1. The number of esters is 1. The fraction of sp³-hybridized carbons (Fsp3) is 0.474. The topological polar surface area (TPSA) is 55.8 Å². The summed E-state index contributed by atoms with van der Waals surface area (Å²) >= 11 is 1.61. The molecule has 25 heavy (non-hydrogen) atoms. The molecular weight excluding hydrogens is 338 g/mol. The fourth-order valence-electron chi connectivity index (χ4n) is 4.32. The maximum absolute atomic E-state index is 13.0. The summed E-state index contributed by atoms with van der Waals surface area (Å²) in [4.78, 5) is 27.4. The molecule has 0 unspecified atom stereocenters. The van der Waals surface area contributed by atoms with Gasteiger partial charge in [0.25, 0.3) is 5.79 Å².